The predicted molar refractivity (Wildman–Crippen MR) is 40.3 cm³/mol. The largest absolute Gasteiger partial charge is 0.409 e. The Morgan fingerprint density at radius 1 is 1.09 bits per heavy atom. The Labute approximate surface area is 80.9 Å². The Balaban J connectivity index is 4.52. The van der Waals surface area contributed by atoms with E-state index in [9.17, 15) is 13.2 Å². The van der Waals surface area contributed by atoms with Gasteiger partial charge in [0.25, 0.3) is 0 Å². The summed E-state index contributed by atoms with van der Waals surface area (Å²) in [6.45, 7) is 0. The maximum Gasteiger partial charge on any atom is 0.409 e. The van der Waals surface area contributed by atoms with Gasteiger partial charge in [-0.15, -0.1) is 11.6 Å². The average molecular weight is 248 g/mol. The molecule has 66 valence electrons. The van der Waals surface area contributed by atoms with Crippen molar-refractivity contribution in [1.29, 1.82) is 0 Å². The Morgan fingerprint density at radius 3 is 1.55 bits per heavy atom. The molecule has 0 aliphatic carbocycles. The van der Waals surface area contributed by atoms with E-state index < -0.39 is 21.1 Å². The van der Waals surface area contributed by atoms with Gasteiger partial charge in [-0.3, -0.25) is 0 Å². The molecule has 0 aliphatic rings. The first-order valence-electron chi connectivity index (χ1n) is 2.18. The Hall–Kier alpha value is 0.690. The molecule has 0 spiro atoms. The van der Waals surface area contributed by atoms with Gasteiger partial charge in [0.2, 0.25) is 0 Å². The number of halogens is 7. The van der Waals surface area contributed by atoms with Gasteiger partial charge in [-0.1, -0.05) is 34.8 Å². The van der Waals surface area contributed by atoms with Crippen molar-refractivity contribution in [1.82, 2.24) is 0 Å². The van der Waals surface area contributed by atoms with Crippen molar-refractivity contribution in [2.75, 3.05) is 0 Å². The molecular formula is C4HCl4F3. The lowest BCUT2D eigenvalue weighted by atomic mass is 10.4. The first-order valence-corrected chi connectivity index (χ1v) is 3.75. The summed E-state index contributed by atoms with van der Waals surface area (Å²) in [7, 11) is 0. The van der Waals surface area contributed by atoms with E-state index in [1.165, 1.54) is 0 Å². The topological polar surface area (TPSA) is 0 Å². The molecule has 0 saturated carbocycles. The average Bonchev–Trinajstić information content (AvgIpc) is 1.82. The van der Waals surface area contributed by atoms with Crippen molar-refractivity contribution in [3.63, 3.8) is 0 Å². The highest BCUT2D eigenvalue weighted by atomic mass is 35.5. The van der Waals surface area contributed by atoms with Crippen LogP contribution in [0.25, 0.3) is 0 Å². The third-order valence-corrected chi connectivity index (χ3v) is 2.28. The second-order valence-electron chi connectivity index (χ2n) is 1.51. The van der Waals surface area contributed by atoms with Crippen LogP contribution in [0.1, 0.15) is 0 Å². The highest BCUT2D eigenvalue weighted by molar-refractivity contribution is 6.60. The van der Waals surface area contributed by atoms with Gasteiger partial charge in [0.05, 0.1) is 5.03 Å². The summed E-state index contributed by atoms with van der Waals surface area (Å²) in [5, 5.41) is -3.16. The molecular weight excluding hydrogens is 247 g/mol. The van der Waals surface area contributed by atoms with Crippen molar-refractivity contribution in [3.05, 3.63) is 9.52 Å². The molecule has 0 aromatic rings. The zero-order valence-corrected chi connectivity index (χ0v) is 7.75. The van der Waals surface area contributed by atoms with Crippen LogP contribution in [-0.4, -0.2) is 11.6 Å². The molecule has 0 aliphatic heterocycles. The van der Waals surface area contributed by atoms with Crippen LogP contribution in [0.5, 0.6) is 0 Å². The standard InChI is InChI=1S/C4HCl4F3/c5-1(3(7)8)2(6)4(9,10)11/h2H. The first-order chi connectivity index (χ1) is 4.76. The summed E-state index contributed by atoms with van der Waals surface area (Å²) in [6.07, 6.45) is -4.63. The highest BCUT2D eigenvalue weighted by Gasteiger charge is 2.41. The molecule has 0 heterocycles. The molecule has 11 heavy (non-hydrogen) atoms. The molecule has 0 rings (SSSR count). The lowest BCUT2D eigenvalue weighted by molar-refractivity contribution is -0.122. The zero-order chi connectivity index (χ0) is 9.23. The Bertz CT molecular complexity index is 169. The number of rotatable bonds is 1. The minimum absolute atomic E-state index is 0.677. The van der Waals surface area contributed by atoms with Crippen LogP contribution in [-0.2, 0) is 0 Å². The fourth-order valence-corrected chi connectivity index (χ4v) is 0.802. The minimum atomic E-state index is -4.63. The number of hydrogen-bond donors (Lipinski definition) is 0. The molecule has 0 fully saturated rings. The fraction of sp³-hybridized carbons (Fsp3) is 0.500. The summed E-state index contributed by atoms with van der Waals surface area (Å²) in [6, 6.07) is 0. The SMILES string of the molecule is FC(F)(F)C(Cl)C(Cl)=C(Cl)Cl. The van der Waals surface area contributed by atoms with Gasteiger partial charge < -0.3 is 0 Å². The Kier molecular flexibility index (Phi) is 4.33. The summed E-state index contributed by atoms with van der Waals surface area (Å²) >= 11 is 19.7. The number of alkyl halides is 4. The van der Waals surface area contributed by atoms with Gasteiger partial charge in [0.1, 0.15) is 4.49 Å². The summed E-state index contributed by atoms with van der Waals surface area (Å²) in [5.41, 5.74) is 0. The van der Waals surface area contributed by atoms with Gasteiger partial charge >= 0.3 is 6.18 Å². The van der Waals surface area contributed by atoms with E-state index >= 15 is 0 Å². The van der Waals surface area contributed by atoms with Crippen LogP contribution in [0, 0.1) is 0 Å². The number of hydrogen-bond acceptors (Lipinski definition) is 0. The summed E-state index contributed by atoms with van der Waals surface area (Å²) < 4.78 is 34.4. The van der Waals surface area contributed by atoms with Gasteiger partial charge in [0, 0.05) is 0 Å². The van der Waals surface area contributed by atoms with Crippen LogP contribution in [0.4, 0.5) is 13.2 Å². The highest BCUT2D eigenvalue weighted by Crippen LogP contribution is 2.35. The van der Waals surface area contributed by atoms with Gasteiger partial charge in [0.15, 0.2) is 5.38 Å². The molecule has 0 N–H and O–H groups in total. The van der Waals surface area contributed by atoms with E-state index in [2.05, 4.69) is 0 Å². The summed E-state index contributed by atoms with van der Waals surface area (Å²) in [5.74, 6) is 0. The minimum Gasteiger partial charge on any atom is -0.169 e. The maximum absolute atomic E-state index is 11.7. The lowest BCUT2D eigenvalue weighted by Gasteiger charge is -2.11. The monoisotopic (exact) mass is 246 g/mol. The van der Waals surface area contributed by atoms with E-state index in [1.807, 2.05) is 0 Å². The van der Waals surface area contributed by atoms with E-state index in [-0.39, 0.29) is 0 Å². The van der Waals surface area contributed by atoms with Crippen LogP contribution in [0.2, 0.25) is 0 Å². The summed E-state index contributed by atoms with van der Waals surface area (Å²) in [4.78, 5) is 0. The fourth-order valence-electron chi connectivity index (χ4n) is 0.239. The second kappa shape index (κ2) is 4.08. The third-order valence-electron chi connectivity index (χ3n) is 0.690. The van der Waals surface area contributed by atoms with Gasteiger partial charge in [-0.25, -0.2) is 0 Å². The van der Waals surface area contributed by atoms with Crippen LogP contribution in [0.3, 0.4) is 0 Å². The van der Waals surface area contributed by atoms with Crippen molar-refractivity contribution >= 4 is 46.4 Å². The van der Waals surface area contributed by atoms with Crippen molar-refractivity contribution in [2.24, 2.45) is 0 Å². The van der Waals surface area contributed by atoms with E-state index in [0.717, 1.165) is 0 Å². The zero-order valence-electron chi connectivity index (χ0n) is 4.72. The van der Waals surface area contributed by atoms with Crippen LogP contribution in [0.15, 0.2) is 9.52 Å². The molecule has 0 saturated heterocycles. The van der Waals surface area contributed by atoms with Crippen LogP contribution < -0.4 is 0 Å². The first kappa shape index (κ1) is 11.7. The molecule has 0 aromatic carbocycles. The molecule has 7 heteroatoms. The van der Waals surface area contributed by atoms with Gasteiger partial charge in [-0.05, 0) is 0 Å². The maximum atomic E-state index is 11.7. The third kappa shape index (κ3) is 3.74. The second-order valence-corrected chi connectivity index (χ2v) is 3.31. The Morgan fingerprint density at radius 2 is 1.45 bits per heavy atom. The molecule has 1 unspecified atom stereocenters. The predicted octanol–water partition coefficient (Wildman–Crippen LogP) is 4.04. The van der Waals surface area contributed by atoms with Crippen molar-refractivity contribution in [3.8, 4) is 0 Å². The van der Waals surface area contributed by atoms with Crippen LogP contribution >= 0.6 is 46.4 Å². The molecule has 0 bridgehead atoms. The van der Waals surface area contributed by atoms with Crippen molar-refractivity contribution < 1.29 is 13.2 Å². The number of allylic oxidation sites excluding steroid dienone is 1. The molecule has 0 radical (unpaired) electrons. The van der Waals surface area contributed by atoms with E-state index in [4.69, 9.17) is 46.4 Å². The van der Waals surface area contributed by atoms with Gasteiger partial charge in [-0.2, -0.15) is 13.2 Å². The van der Waals surface area contributed by atoms with E-state index in [0.29, 0.717) is 0 Å². The molecule has 1 atom stereocenters. The smallest absolute Gasteiger partial charge is 0.169 e. The normalized spacial score (nSPS) is 14.5. The lowest BCUT2D eigenvalue weighted by Crippen LogP contribution is -2.23. The molecule has 0 amide bonds. The van der Waals surface area contributed by atoms with E-state index in [1.54, 1.807) is 0 Å². The molecule has 0 nitrogen and oxygen atoms in total. The quantitative estimate of drug-likeness (QED) is 0.614. The molecule has 0 aromatic heterocycles. The van der Waals surface area contributed by atoms with Crippen molar-refractivity contribution in [2.45, 2.75) is 11.6 Å².